The van der Waals surface area contributed by atoms with Crippen LogP contribution in [0.3, 0.4) is 0 Å². The molecule has 0 fully saturated rings. The first-order valence-corrected chi connectivity index (χ1v) is 5.66. The molecule has 0 bridgehead atoms. The Balaban J connectivity index is 2.25. The standard InChI is InChI=1S/C9H11N3OS/c1-6-7-8-9(10-5-14-8)11-12(7)3-2-4-13-6/h5-6H,2-4H2,1H3/t6-/m1/s1. The highest BCUT2D eigenvalue weighted by Gasteiger charge is 2.21. The van der Waals surface area contributed by atoms with E-state index in [2.05, 4.69) is 17.0 Å². The first-order chi connectivity index (χ1) is 6.86. The Morgan fingerprint density at radius 2 is 2.57 bits per heavy atom. The van der Waals surface area contributed by atoms with Crippen LogP contribution in [0.4, 0.5) is 0 Å². The lowest BCUT2D eigenvalue weighted by Crippen LogP contribution is -2.04. The summed E-state index contributed by atoms with van der Waals surface area (Å²) >= 11 is 1.65. The predicted octanol–water partition coefficient (Wildman–Crippen LogP) is 1.97. The molecule has 1 aliphatic rings. The van der Waals surface area contributed by atoms with Gasteiger partial charge < -0.3 is 4.74 Å². The van der Waals surface area contributed by atoms with Crippen molar-refractivity contribution in [1.29, 1.82) is 0 Å². The molecule has 5 heteroatoms. The van der Waals surface area contributed by atoms with Crippen LogP contribution in [0.25, 0.3) is 10.3 Å². The van der Waals surface area contributed by atoms with Crippen molar-refractivity contribution in [2.24, 2.45) is 0 Å². The fourth-order valence-corrected chi connectivity index (χ4v) is 2.74. The molecule has 0 N–H and O–H groups in total. The van der Waals surface area contributed by atoms with E-state index in [9.17, 15) is 0 Å². The van der Waals surface area contributed by atoms with Gasteiger partial charge in [0, 0.05) is 13.2 Å². The highest BCUT2D eigenvalue weighted by atomic mass is 32.1. The molecule has 0 saturated carbocycles. The van der Waals surface area contributed by atoms with E-state index in [-0.39, 0.29) is 6.10 Å². The average Bonchev–Trinajstić information content (AvgIpc) is 2.66. The first-order valence-electron chi connectivity index (χ1n) is 4.78. The number of thiazole rings is 1. The Labute approximate surface area is 85.5 Å². The molecule has 14 heavy (non-hydrogen) atoms. The van der Waals surface area contributed by atoms with Crippen LogP contribution in [-0.2, 0) is 11.3 Å². The molecule has 1 aliphatic heterocycles. The number of fused-ring (bicyclic) bond motifs is 3. The molecular formula is C9H11N3OS. The molecule has 2 aromatic heterocycles. The summed E-state index contributed by atoms with van der Waals surface area (Å²) in [7, 11) is 0. The molecule has 0 aliphatic carbocycles. The van der Waals surface area contributed by atoms with E-state index >= 15 is 0 Å². The molecule has 3 heterocycles. The monoisotopic (exact) mass is 209 g/mol. The summed E-state index contributed by atoms with van der Waals surface area (Å²) in [4.78, 5) is 4.22. The van der Waals surface area contributed by atoms with Gasteiger partial charge in [-0.15, -0.1) is 11.3 Å². The Morgan fingerprint density at radius 3 is 3.50 bits per heavy atom. The summed E-state index contributed by atoms with van der Waals surface area (Å²) in [6.07, 6.45) is 1.18. The molecule has 0 saturated heterocycles. The number of hydrogen-bond acceptors (Lipinski definition) is 4. The van der Waals surface area contributed by atoms with Gasteiger partial charge in [-0.05, 0) is 13.3 Å². The zero-order chi connectivity index (χ0) is 9.54. The van der Waals surface area contributed by atoms with Crippen molar-refractivity contribution in [3.63, 3.8) is 0 Å². The van der Waals surface area contributed by atoms with Crippen LogP contribution in [0.2, 0.25) is 0 Å². The Morgan fingerprint density at radius 1 is 1.64 bits per heavy atom. The van der Waals surface area contributed by atoms with Crippen molar-refractivity contribution < 1.29 is 4.74 Å². The molecule has 2 aromatic rings. The minimum atomic E-state index is 0.142. The molecule has 0 aromatic carbocycles. The van der Waals surface area contributed by atoms with Crippen LogP contribution in [0.15, 0.2) is 5.51 Å². The second-order valence-electron chi connectivity index (χ2n) is 3.48. The minimum absolute atomic E-state index is 0.142. The van der Waals surface area contributed by atoms with E-state index in [1.54, 1.807) is 11.3 Å². The van der Waals surface area contributed by atoms with Gasteiger partial charge in [-0.1, -0.05) is 0 Å². The maximum absolute atomic E-state index is 5.68. The molecular weight excluding hydrogens is 198 g/mol. The molecule has 4 nitrogen and oxygen atoms in total. The van der Waals surface area contributed by atoms with E-state index < -0.39 is 0 Å². The summed E-state index contributed by atoms with van der Waals surface area (Å²) in [5.41, 5.74) is 3.90. The van der Waals surface area contributed by atoms with Gasteiger partial charge in [0.15, 0.2) is 5.65 Å². The van der Waals surface area contributed by atoms with Gasteiger partial charge >= 0.3 is 0 Å². The first kappa shape index (κ1) is 8.38. The summed E-state index contributed by atoms with van der Waals surface area (Å²) in [6, 6.07) is 0. The predicted molar refractivity (Wildman–Crippen MR) is 54.4 cm³/mol. The van der Waals surface area contributed by atoms with Crippen molar-refractivity contribution in [1.82, 2.24) is 14.8 Å². The number of aromatic nitrogens is 3. The van der Waals surface area contributed by atoms with Gasteiger partial charge in [0.2, 0.25) is 0 Å². The van der Waals surface area contributed by atoms with Gasteiger partial charge in [0.1, 0.15) is 0 Å². The second kappa shape index (κ2) is 3.03. The quantitative estimate of drug-likeness (QED) is 0.666. The number of rotatable bonds is 0. The second-order valence-corrected chi connectivity index (χ2v) is 4.33. The summed E-state index contributed by atoms with van der Waals surface area (Å²) in [5.74, 6) is 0. The van der Waals surface area contributed by atoms with E-state index in [1.807, 2.05) is 10.2 Å². The third-order valence-corrected chi connectivity index (χ3v) is 3.38. The summed E-state index contributed by atoms with van der Waals surface area (Å²) < 4.78 is 8.91. The molecule has 0 amide bonds. The molecule has 0 radical (unpaired) electrons. The van der Waals surface area contributed by atoms with Gasteiger partial charge in [-0.3, -0.25) is 4.68 Å². The van der Waals surface area contributed by atoms with Gasteiger partial charge in [-0.2, -0.15) is 5.10 Å². The Hall–Kier alpha value is -0.940. The van der Waals surface area contributed by atoms with Crippen LogP contribution < -0.4 is 0 Å². The molecule has 0 unspecified atom stereocenters. The topological polar surface area (TPSA) is 39.9 Å². The number of nitrogens with zero attached hydrogens (tertiary/aromatic N) is 3. The third-order valence-electron chi connectivity index (χ3n) is 2.54. The van der Waals surface area contributed by atoms with Crippen molar-refractivity contribution in [2.45, 2.75) is 26.0 Å². The fraction of sp³-hybridized carbons (Fsp3) is 0.556. The maximum atomic E-state index is 5.68. The van der Waals surface area contributed by atoms with Crippen molar-refractivity contribution >= 4 is 21.7 Å². The minimum Gasteiger partial charge on any atom is -0.372 e. The summed E-state index contributed by atoms with van der Waals surface area (Å²) in [5, 5.41) is 4.46. The van der Waals surface area contributed by atoms with Gasteiger partial charge in [0.05, 0.1) is 22.0 Å². The third kappa shape index (κ3) is 1.09. The number of aryl methyl sites for hydroxylation is 1. The summed E-state index contributed by atoms with van der Waals surface area (Å²) in [6.45, 7) is 3.85. The Kier molecular flexibility index (Phi) is 1.81. The molecule has 74 valence electrons. The SMILES string of the molecule is C[C@H]1OCCCn2nc3ncsc3c21. The highest BCUT2D eigenvalue weighted by molar-refractivity contribution is 7.16. The lowest BCUT2D eigenvalue weighted by Gasteiger charge is -2.08. The smallest absolute Gasteiger partial charge is 0.192 e. The van der Waals surface area contributed by atoms with Crippen LogP contribution in [0, 0.1) is 0 Å². The van der Waals surface area contributed by atoms with Crippen molar-refractivity contribution in [3.05, 3.63) is 11.2 Å². The zero-order valence-electron chi connectivity index (χ0n) is 7.93. The van der Waals surface area contributed by atoms with Crippen LogP contribution >= 0.6 is 11.3 Å². The van der Waals surface area contributed by atoms with Crippen molar-refractivity contribution in [3.8, 4) is 0 Å². The number of hydrogen-bond donors (Lipinski definition) is 0. The number of ether oxygens (including phenoxy) is 1. The Bertz CT molecular complexity index is 462. The van der Waals surface area contributed by atoms with Crippen LogP contribution in [-0.4, -0.2) is 21.4 Å². The molecule has 1 atom stereocenters. The maximum Gasteiger partial charge on any atom is 0.192 e. The van der Waals surface area contributed by atoms with Crippen LogP contribution in [0.5, 0.6) is 0 Å². The van der Waals surface area contributed by atoms with Gasteiger partial charge in [0.25, 0.3) is 0 Å². The van der Waals surface area contributed by atoms with Crippen molar-refractivity contribution in [2.75, 3.05) is 6.61 Å². The van der Waals surface area contributed by atoms with Gasteiger partial charge in [-0.25, -0.2) is 4.98 Å². The molecule has 3 rings (SSSR count). The lowest BCUT2D eigenvalue weighted by molar-refractivity contribution is 0.0703. The molecule has 0 spiro atoms. The fourth-order valence-electron chi connectivity index (χ4n) is 1.89. The van der Waals surface area contributed by atoms with E-state index in [1.165, 1.54) is 10.4 Å². The van der Waals surface area contributed by atoms with E-state index in [0.717, 1.165) is 25.2 Å². The zero-order valence-corrected chi connectivity index (χ0v) is 8.75. The van der Waals surface area contributed by atoms with E-state index in [4.69, 9.17) is 4.74 Å². The highest BCUT2D eigenvalue weighted by Crippen LogP contribution is 2.30. The lowest BCUT2D eigenvalue weighted by atomic mass is 10.3. The largest absolute Gasteiger partial charge is 0.372 e. The normalized spacial score (nSPS) is 22.2. The van der Waals surface area contributed by atoms with E-state index in [0.29, 0.717) is 0 Å². The average molecular weight is 209 g/mol. The van der Waals surface area contributed by atoms with Crippen LogP contribution in [0.1, 0.15) is 25.1 Å².